The van der Waals surface area contributed by atoms with E-state index < -0.39 is 5.41 Å². The minimum atomic E-state index is -0.999. The molecule has 2 aromatic heterocycles. The minimum absolute atomic E-state index is 0.0752. The maximum Gasteiger partial charge on any atom is 0.244 e. The zero-order valence-corrected chi connectivity index (χ0v) is 21.8. The molecule has 0 aromatic carbocycles. The van der Waals surface area contributed by atoms with Gasteiger partial charge in [-0.05, 0) is 37.4 Å². The zero-order chi connectivity index (χ0) is 25.4. The first-order chi connectivity index (χ1) is 18.1. The maximum atomic E-state index is 13.8. The van der Waals surface area contributed by atoms with E-state index in [9.17, 15) is 9.59 Å². The number of nitrogens with zero attached hydrogens (tertiary/aromatic N) is 6. The van der Waals surface area contributed by atoms with Gasteiger partial charge < -0.3 is 10.2 Å². The van der Waals surface area contributed by atoms with E-state index in [-0.39, 0.29) is 17.9 Å². The number of hydrogen-bond donors (Lipinski definition) is 1. The highest BCUT2D eigenvalue weighted by Gasteiger charge is 2.56. The van der Waals surface area contributed by atoms with Crippen LogP contribution in [0.1, 0.15) is 61.7 Å². The van der Waals surface area contributed by atoms with Gasteiger partial charge in [-0.2, -0.15) is 0 Å². The fraction of sp³-hybridized carbons (Fsp3) is 0.607. The van der Waals surface area contributed by atoms with Crippen LogP contribution in [0.15, 0.2) is 24.5 Å². The highest BCUT2D eigenvalue weighted by Crippen LogP contribution is 2.44. The quantitative estimate of drug-likeness (QED) is 0.602. The summed E-state index contributed by atoms with van der Waals surface area (Å²) < 4.78 is 0. The van der Waals surface area contributed by atoms with Crippen molar-refractivity contribution in [2.45, 2.75) is 64.5 Å². The molecule has 2 aromatic rings. The maximum absolute atomic E-state index is 13.8. The molecular weight excluding hydrogens is 466 g/mol. The van der Waals surface area contributed by atoms with Crippen LogP contribution in [-0.2, 0) is 29.0 Å². The molecule has 5 heterocycles. The van der Waals surface area contributed by atoms with Crippen molar-refractivity contribution in [3.8, 4) is 0 Å². The molecule has 0 bridgehead atoms. The normalized spacial score (nSPS) is 25.2. The molecular formula is C28H37N7O2. The van der Waals surface area contributed by atoms with E-state index >= 15 is 0 Å². The summed E-state index contributed by atoms with van der Waals surface area (Å²) in [7, 11) is 0. The Morgan fingerprint density at radius 3 is 2.49 bits per heavy atom. The van der Waals surface area contributed by atoms with Gasteiger partial charge in [-0.1, -0.05) is 25.8 Å². The Bertz CT molecular complexity index is 1160. The zero-order valence-electron chi connectivity index (χ0n) is 21.8. The Morgan fingerprint density at radius 1 is 1.03 bits per heavy atom. The summed E-state index contributed by atoms with van der Waals surface area (Å²) in [5.74, 6) is 1.15. The van der Waals surface area contributed by atoms with Crippen molar-refractivity contribution in [1.29, 1.82) is 0 Å². The molecule has 9 nitrogen and oxygen atoms in total. The number of aromatic nitrogens is 3. The molecule has 0 radical (unpaired) electrons. The third-order valence-corrected chi connectivity index (χ3v) is 8.75. The second-order valence-corrected chi connectivity index (χ2v) is 11.1. The van der Waals surface area contributed by atoms with Gasteiger partial charge >= 0.3 is 0 Å². The third kappa shape index (κ3) is 4.63. The van der Waals surface area contributed by atoms with E-state index in [1.165, 1.54) is 5.56 Å². The van der Waals surface area contributed by atoms with Gasteiger partial charge in [0.15, 0.2) is 0 Å². The van der Waals surface area contributed by atoms with Crippen LogP contribution in [0.4, 0.5) is 5.82 Å². The summed E-state index contributed by atoms with van der Waals surface area (Å²) in [5, 5.41) is 2.89. The average molecular weight is 504 g/mol. The standard InChI is InChI=1S/C28H37N7O2/c1-2-33-11-13-34(14-12-33)19-20-7-8-22(30-17-20)15-24-31-18-21-16-28(9-10-29-26(28)36)27(37)35(25(21)32-24)23-5-3-4-6-23/h7-8,17-18,23H,2-6,9-16,19H2,1H3,(H,29,36)/t28-/m1/s1. The van der Waals surface area contributed by atoms with Crippen molar-refractivity contribution in [3.05, 3.63) is 47.2 Å². The summed E-state index contributed by atoms with van der Waals surface area (Å²) in [4.78, 5) is 47.7. The first-order valence-corrected chi connectivity index (χ1v) is 13.9. The molecule has 1 saturated carbocycles. The summed E-state index contributed by atoms with van der Waals surface area (Å²) in [6.45, 7) is 9.27. The SMILES string of the molecule is CCN1CCN(Cc2ccc(Cc3ncc4c(n3)N(C3CCCC3)C(=O)[C@]3(CCNC3=O)C4)nc2)CC1. The molecule has 3 fully saturated rings. The number of fused-ring (bicyclic) bond motifs is 1. The van der Waals surface area contributed by atoms with Gasteiger partial charge in [0.05, 0.1) is 6.42 Å². The van der Waals surface area contributed by atoms with E-state index in [4.69, 9.17) is 9.97 Å². The number of likely N-dealkylation sites (N-methyl/N-ethyl adjacent to an activating group) is 1. The highest BCUT2D eigenvalue weighted by molar-refractivity contribution is 6.14. The van der Waals surface area contributed by atoms with Gasteiger partial charge in [0.2, 0.25) is 11.8 Å². The molecule has 2 amide bonds. The largest absolute Gasteiger partial charge is 0.355 e. The van der Waals surface area contributed by atoms with Gasteiger partial charge in [0.25, 0.3) is 0 Å². The van der Waals surface area contributed by atoms with Crippen LogP contribution < -0.4 is 10.2 Å². The smallest absolute Gasteiger partial charge is 0.244 e. The third-order valence-electron chi connectivity index (χ3n) is 8.75. The molecule has 9 heteroatoms. The van der Waals surface area contributed by atoms with Crippen LogP contribution in [0.2, 0.25) is 0 Å². The molecule has 3 aliphatic heterocycles. The van der Waals surface area contributed by atoms with Crippen LogP contribution in [0, 0.1) is 5.41 Å². The second-order valence-electron chi connectivity index (χ2n) is 11.1. The number of carbonyl (C=O) groups is 2. The van der Waals surface area contributed by atoms with E-state index in [1.54, 1.807) is 0 Å². The lowest BCUT2D eigenvalue weighted by Gasteiger charge is -2.40. The van der Waals surface area contributed by atoms with Gasteiger partial charge in [-0.15, -0.1) is 0 Å². The predicted molar refractivity (Wildman–Crippen MR) is 140 cm³/mol. The Balaban J connectivity index is 1.19. The topological polar surface area (TPSA) is 94.6 Å². The van der Waals surface area contributed by atoms with Gasteiger partial charge in [0.1, 0.15) is 17.1 Å². The number of amides is 2. The summed E-state index contributed by atoms with van der Waals surface area (Å²) in [5.41, 5.74) is 2.04. The van der Waals surface area contributed by atoms with Crippen molar-refractivity contribution in [1.82, 2.24) is 30.1 Å². The molecule has 1 aliphatic carbocycles. The number of nitrogens with one attached hydrogen (secondary N) is 1. The van der Waals surface area contributed by atoms with Crippen LogP contribution in [-0.4, -0.2) is 81.9 Å². The van der Waals surface area contributed by atoms with Crippen molar-refractivity contribution in [3.63, 3.8) is 0 Å². The Hall–Kier alpha value is -2.91. The van der Waals surface area contributed by atoms with Crippen molar-refractivity contribution in [2.24, 2.45) is 5.41 Å². The van der Waals surface area contributed by atoms with Gasteiger partial charge in [-0.3, -0.25) is 24.4 Å². The lowest BCUT2D eigenvalue weighted by atomic mass is 9.76. The van der Waals surface area contributed by atoms with Crippen LogP contribution in [0.5, 0.6) is 0 Å². The molecule has 1 N–H and O–H groups in total. The number of piperazine rings is 1. The van der Waals surface area contributed by atoms with Gasteiger partial charge in [-0.25, -0.2) is 9.97 Å². The molecule has 6 rings (SSSR count). The van der Waals surface area contributed by atoms with Crippen molar-refractivity contribution in [2.75, 3.05) is 44.2 Å². The first-order valence-electron chi connectivity index (χ1n) is 13.9. The predicted octanol–water partition coefficient (Wildman–Crippen LogP) is 1.94. The molecule has 4 aliphatic rings. The Kier molecular flexibility index (Phi) is 6.67. The van der Waals surface area contributed by atoms with E-state index in [0.29, 0.717) is 37.4 Å². The summed E-state index contributed by atoms with van der Waals surface area (Å²) in [6, 6.07) is 4.33. The fourth-order valence-electron chi connectivity index (χ4n) is 6.46. The van der Waals surface area contributed by atoms with Crippen molar-refractivity contribution < 1.29 is 9.59 Å². The van der Waals surface area contributed by atoms with E-state index in [1.807, 2.05) is 17.3 Å². The number of hydrogen-bond acceptors (Lipinski definition) is 7. The van der Waals surface area contributed by atoms with Gasteiger partial charge in [0, 0.05) is 75.4 Å². The Morgan fingerprint density at radius 2 is 1.81 bits per heavy atom. The minimum Gasteiger partial charge on any atom is -0.355 e. The van der Waals surface area contributed by atoms with Crippen LogP contribution in [0.25, 0.3) is 0 Å². The molecule has 196 valence electrons. The molecule has 0 unspecified atom stereocenters. The number of rotatable bonds is 6. The Labute approximate surface area is 218 Å². The van der Waals surface area contributed by atoms with E-state index in [2.05, 4.69) is 39.2 Å². The number of anilines is 1. The molecule has 1 spiro atoms. The number of carbonyl (C=O) groups excluding carboxylic acids is 2. The molecule has 37 heavy (non-hydrogen) atoms. The molecule has 1 atom stereocenters. The molecule has 2 saturated heterocycles. The fourth-order valence-corrected chi connectivity index (χ4v) is 6.46. The lowest BCUT2D eigenvalue weighted by Crippen LogP contribution is -2.56. The lowest BCUT2D eigenvalue weighted by molar-refractivity contribution is -0.140. The summed E-state index contributed by atoms with van der Waals surface area (Å²) in [6.07, 6.45) is 9.37. The van der Waals surface area contributed by atoms with Crippen LogP contribution in [0.3, 0.4) is 0 Å². The summed E-state index contributed by atoms with van der Waals surface area (Å²) >= 11 is 0. The second kappa shape index (κ2) is 10.1. The average Bonchev–Trinajstić information content (AvgIpc) is 3.57. The van der Waals surface area contributed by atoms with Crippen molar-refractivity contribution >= 4 is 17.6 Å². The first kappa shape index (κ1) is 24.4. The van der Waals surface area contributed by atoms with E-state index in [0.717, 1.165) is 76.2 Å². The van der Waals surface area contributed by atoms with Crippen LogP contribution >= 0.6 is 0 Å². The monoisotopic (exact) mass is 503 g/mol. The number of pyridine rings is 1. The highest BCUT2D eigenvalue weighted by atomic mass is 16.2.